The van der Waals surface area contributed by atoms with Crippen LogP contribution in [0, 0.1) is 0 Å². The van der Waals surface area contributed by atoms with Gasteiger partial charge in [-0.05, 0) is 53.9 Å². The lowest BCUT2D eigenvalue weighted by Crippen LogP contribution is -2.42. The topological polar surface area (TPSA) is 114 Å². The van der Waals surface area contributed by atoms with Gasteiger partial charge in [0, 0.05) is 10.5 Å². The Labute approximate surface area is 142 Å². The van der Waals surface area contributed by atoms with Gasteiger partial charge in [0.25, 0.3) is 5.91 Å². The molecule has 1 aromatic carbocycles. The number of hydrazine groups is 1. The van der Waals surface area contributed by atoms with Gasteiger partial charge in [0.1, 0.15) is 0 Å². The average molecular weight is 406 g/mol. The van der Waals surface area contributed by atoms with Crippen molar-refractivity contribution in [3.63, 3.8) is 0 Å². The first-order valence-corrected chi connectivity index (χ1v) is 9.16. The molecule has 8 nitrogen and oxygen atoms in total. The molecule has 126 valence electrons. The Balaban J connectivity index is 2.13. The monoisotopic (exact) mass is 405 g/mol. The second-order valence-corrected chi connectivity index (χ2v) is 7.41. The molecule has 23 heavy (non-hydrogen) atoms. The summed E-state index contributed by atoms with van der Waals surface area (Å²) in [5, 5.41) is 0. The standard InChI is InChI=1S/C13H16BrN3O5S/c1-2-22-13(19)16-15-12(18)10-7-9(5-6-11(10)14)23(20,21)17-8-3-4-8/h5-8,17H,2-4H2,1H3,(H,15,18)(H,16,19). The van der Waals surface area contributed by atoms with Crippen molar-refractivity contribution in [1.82, 2.24) is 15.6 Å². The van der Waals surface area contributed by atoms with Crippen molar-refractivity contribution in [2.24, 2.45) is 0 Å². The Morgan fingerprint density at radius 3 is 2.61 bits per heavy atom. The third kappa shape index (κ3) is 4.91. The molecule has 0 saturated heterocycles. The molecule has 0 heterocycles. The van der Waals surface area contributed by atoms with Crippen molar-refractivity contribution in [1.29, 1.82) is 0 Å². The minimum atomic E-state index is -3.67. The van der Waals surface area contributed by atoms with Crippen LogP contribution in [0.2, 0.25) is 0 Å². The molecule has 2 rings (SSSR count). The minimum absolute atomic E-state index is 0.0196. The fourth-order valence-electron chi connectivity index (χ4n) is 1.68. The van der Waals surface area contributed by atoms with Gasteiger partial charge >= 0.3 is 6.09 Å². The van der Waals surface area contributed by atoms with Crippen LogP contribution >= 0.6 is 15.9 Å². The highest BCUT2D eigenvalue weighted by Crippen LogP contribution is 2.24. The molecule has 3 N–H and O–H groups in total. The quantitative estimate of drug-likeness (QED) is 0.638. The van der Waals surface area contributed by atoms with Gasteiger partial charge in [-0.2, -0.15) is 0 Å². The molecule has 2 amide bonds. The molecular weight excluding hydrogens is 390 g/mol. The molecule has 0 atom stereocenters. The Morgan fingerprint density at radius 1 is 1.30 bits per heavy atom. The zero-order chi connectivity index (χ0) is 17.0. The summed E-state index contributed by atoms with van der Waals surface area (Å²) >= 11 is 3.18. The van der Waals surface area contributed by atoms with Crippen molar-refractivity contribution in [2.75, 3.05) is 6.61 Å². The van der Waals surface area contributed by atoms with Gasteiger partial charge in [-0.1, -0.05) is 0 Å². The predicted molar refractivity (Wildman–Crippen MR) is 85.1 cm³/mol. The molecule has 1 aliphatic carbocycles. The van der Waals surface area contributed by atoms with Crippen LogP contribution in [0.5, 0.6) is 0 Å². The molecule has 1 fully saturated rings. The largest absolute Gasteiger partial charge is 0.449 e. The van der Waals surface area contributed by atoms with Crippen molar-refractivity contribution >= 4 is 38.0 Å². The number of amides is 2. The predicted octanol–water partition coefficient (Wildman–Crippen LogP) is 1.28. The van der Waals surface area contributed by atoms with E-state index in [0.717, 1.165) is 12.8 Å². The summed E-state index contributed by atoms with van der Waals surface area (Å²) in [6.45, 7) is 1.78. The number of hydrogen-bond donors (Lipinski definition) is 3. The van der Waals surface area contributed by atoms with Crippen LogP contribution in [0.3, 0.4) is 0 Å². The highest BCUT2D eigenvalue weighted by Gasteiger charge is 2.28. The van der Waals surface area contributed by atoms with Gasteiger partial charge in [0.15, 0.2) is 0 Å². The Hall–Kier alpha value is -1.65. The number of sulfonamides is 1. The Bertz CT molecular complexity index is 718. The number of nitrogens with one attached hydrogen (secondary N) is 3. The normalized spacial score (nSPS) is 14.2. The van der Waals surface area contributed by atoms with E-state index < -0.39 is 22.0 Å². The molecule has 0 bridgehead atoms. The summed E-state index contributed by atoms with van der Waals surface area (Å²) in [5.74, 6) is -0.673. The second-order valence-electron chi connectivity index (χ2n) is 4.84. The molecule has 0 aliphatic heterocycles. The Kier molecular flexibility index (Phi) is 5.60. The zero-order valence-electron chi connectivity index (χ0n) is 12.3. The minimum Gasteiger partial charge on any atom is -0.449 e. The number of carbonyl (C=O) groups excluding carboxylic acids is 2. The van der Waals surface area contributed by atoms with Gasteiger partial charge in [-0.3, -0.25) is 10.2 Å². The summed E-state index contributed by atoms with van der Waals surface area (Å²) in [5.41, 5.74) is 4.28. The van der Waals surface area contributed by atoms with Crippen LogP contribution in [0.25, 0.3) is 0 Å². The van der Waals surface area contributed by atoms with Gasteiger partial charge in [0.05, 0.1) is 17.1 Å². The SMILES string of the molecule is CCOC(=O)NNC(=O)c1cc(S(=O)(=O)NC2CC2)ccc1Br. The van der Waals surface area contributed by atoms with E-state index in [2.05, 4.69) is 36.2 Å². The molecule has 1 saturated carbocycles. The maximum Gasteiger partial charge on any atom is 0.426 e. The van der Waals surface area contributed by atoms with Crippen LogP contribution in [0.4, 0.5) is 4.79 Å². The first-order valence-electron chi connectivity index (χ1n) is 6.88. The van der Waals surface area contributed by atoms with Crippen molar-refractivity contribution in [3.8, 4) is 0 Å². The van der Waals surface area contributed by atoms with Crippen LogP contribution in [0.15, 0.2) is 27.6 Å². The fourth-order valence-corrected chi connectivity index (χ4v) is 3.43. The first-order chi connectivity index (χ1) is 10.8. The maximum absolute atomic E-state index is 12.2. The van der Waals surface area contributed by atoms with E-state index >= 15 is 0 Å². The van der Waals surface area contributed by atoms with E-state index in [1.165, 1.54) is 18.2 Å². The molecule has 0 aromatic heterocycles. The van der Waals surface area contributed by atoms with Gasteiger partial charge < -0.3 is 4.74 Å². The number of carbonyl (C=O) groups is 2. The van der Waals surface area contributed by atoms with Crippen molar-refractivity contribution in [3.05, 3.63) is 28.2 Å². The summed E-state index contributed by atoms with van der Waals surface area (Å²) < 4.78 is 31.9. The highest BCUT2D eigenvalue weighted by atomic mass is 79.9. The van der Waals surface area contributed by atoms with Crippen molar-refractivity contribution in [2.45, 2.75) is 30.7 Å². The third-order valence-electron chi connectivity index (χ3n) is 2.95. The van der Waals surface area contributed by atoms with Gasteiger partial charge in [-0.15, -0.1) is 0 Å². The third-order valence-corrected chi connectivity index (χ3v) is 5.16. The molecule has 0 radical (unpaired) electrons. The second kappa shape index (κ2) is 7.28. The molecular formula is C13H16BrN3O5S. The number of halogens is 1. The highest BCUT2D eigenvalue weighted by molar-refractivity contribution is 9.10. The summed E-state index contributed by atoms with van der Waals surface area (Å²) in [6.07, 6.45) is 0.815. The summed E-state index contributed by atoms with van der Waals surface area (Å²) in [7, 11) is -3.67. The molecule has 1 aliphatic rings. The van der Waals surface area contributed by atoms with Gasteiger partial charge in [0.2, 0.25) is 10.0 Å². The van der Waals surface area contributed by atoms with E-state index in [-0.39, 0.29) is 23.1 Å². The molecule has 0 spiro atoms. The zero-order valence-corrected chi connectivity index (χ0v) is 14.7. The Morgan fingerprint density at radius 2 is 2.00 bits per heavy atom. The number of hydrogen-bond acceptors (Lipinski definition) is 5. The van der Waals surface area contributed by atoms with E-state index in [4.69, 9.17) is 0 Å². The van der Waals surface area contributed by atoms with E-state index in [9.17, 15) is 18.0 Å². The number of rotatable bonds is 5. The van der Waals surface area contributed by atoms with E-state index in [0.29, 0.717) is 4.47 Å². The van der Waals surface area contributed by atoms with Crippen LogP contribution in [-0.4, -0.2) is 33.1 Å². The van der Waals surface area contributed by atoms with Crippen LogP contribution in [0.1, 0.15) is 30.1 Å². The number of benzene rings is 1. The average Bonchev–Trinajstić information content (AvgIpc) is 3.28. The lowest BCUT2D eigenvalue weighted by molar-refractivity contribution is 0.0911. The maximum atomic E-state index is 12.2. The first kappa shape index (κ1) is 17.7. The van der Waals surface area contributed by atoms with Crippen molar-refractivity contribution < 1.29 is 22.7 Å². The fraction of sp³-hybridized carbons (Fsp3) is 0.385. The summed E-state index contributed by atoms with van der Waals surface area (Å²) in [4.78, 5) is 23.2. The van der Waals surface area contributed by atoms with Gasteiger partial charge in [-0.25, -0.2) is 23.4 Å². The molecule has 0 unspecified atom stereocenters. The lowest BCUT2D eigenvalue weighted by atomic mass is 10.2. The molecule has 10 heteroatoms. The summed E-state index contributed by atoms with van der Waals surface area (Å²) in [6, 6.07) is 4.05. The van der Waals surface area contributed by atoms with E-state index in [1.807, 2.05) is 0 Å². The van der Waals surface area contributed by atoms with E-state index in [1.54, 1.807) is 6.92 Å². The van der Waals surface area contributed by atoms with Crippen LogP contribution in [-0.2, 0) is 14.8 Å². The van der Waals surface area contributed by atoms with Crippen LogP contribution < -0.4 is 15.6 Å². The lowest BCUT2D eigenvalue weighted by Gasteiger charge is -2.11. The number of ether oxygens (including phenoxy) is 1. The molecule has 1 aromatic rings. The smallest absolute Gasteiger partial charge is 0.426 e.